The molecule has 186 valence electrons. The molecular weight excluding hydrogens is 471 g/mol. The smallest absolute Gasteiger partial charge is 0.420 e. The fraction of sp³-hybridized carbons (Fsp3) is 0.522. The molecule has 1 aromatic heterocycles. The number of ether oxygens (including phenoxy) is 1. The number of carbonyl (C=O) groups is 1. The van der Waals surface area contributed by atoms with Crippen molar-refractivity contribution in [2.75, 3.05) is 29.9 Å². The minimum Gasteiger partial charge on any atom is -0.444 e. The van der Waals surface area contributed by atoms with Crippen molar-refractivity contribution >= 4 is 35.0 Å². The first-order valence-electron chi connectivity index (χ1n) is 11.0. The van der Waals surface area contributed by atoms with E-state index >= 15 is 0 Å². The number of piperazine rings is 1. The van der Waals surface area contributed by atoms with Crippen molar-refractivity contribution in [2.45, 2.75) is 58.9 Å². The molecule has 1 aliphatic heterocycles. The second-order valence-corrected chi connectivity index (χ2v) is 9.54. The van der Waals surface area contributed by atoms with Crippen LogP contribution in [0.3, 0.4) is 0 Å². The van der Waals surface area contributed by atoms with Gasteiger partial charge in [-0.25, -0.2) is 14.8 Å². The Morgan fingerprint density at radius 1 is 1.26 bits per heavy atom. The minimum atomic E-state index is -4.61. The summed E-state index contributed by atoms with van der Waals surface area (Å²) >= 11 is 5.71. The maximum atomic E-state index is 12.9. The highest BCUT2D eigenvalue weighted by molar-refractivity contribution is 6.30. The second-order valence-electron chi connectivity index (χ2n) is 9.18. The van der Waals surface area contributed by atoms with Gasteiger partial charge in [-0.05, 0) is 57.9 Å². The van der Waals surface area contributed by atoms with Gasteiger partial charge in [-0.3, -0.25) is 0 Å². The molecule has 0 spiro atoms. The van der Waals surface area contributed by atoms with Crippen LogP contribution in [0.4, 0.5) is 35.3 Å². The molecule has 11 heteroatoms. The van der Waals surface area contributed by atoms with Crippen molar-refractivity contribution in [3.8, 4) is 0 Å². The monoisotopic (exact) mass is 499 g/mol. The molecule has 0 unspecified atom stereocenters. The lowest BCUT2D eigenvalue weighted by Gasteiger charge is -2.41. The lowest BCUT2D eigenvalue weighted by molar-refractivity contribution is -0.137. The Bertz CT molecular complexity index is 1040. The number of anilines is 3. The fourth-order valence-electron chi connectivity index (χ4n) is 3.71. The summed E-state index contributed by atoms with van der Waals surface area (Å²) in [6.45, 7) is 11.3. The zero-order chi connectivity index (χ0) is 25.3. The lowest BCUT2D eigenvalue weighted by atomic mass is 10.1. The average Bonchev–Trinajstić information content (AvgIpc) is 2.71. The number of hydrogen-bond donors (Lipinski definition) is 1. The molecule has 3 rings (SSSR count). The number of nitrogens with zero attached hydrogens (tertiary/aromatic N) is 4. The first-order chi connectivity index (χ1) is 15.8. The average molecular weight is 500 g/mol. The van der Waals surface area contributed by atoms with Gasteiger partial charge < -0.3 is 19.9 Å². The number of aromatic nitrogens is 2. The summed E-state index contributed by atoms with van der Waals surface area (Å²) in [6.07, 6.45) is -3.58. The minimum absolute atomic E-state index is 0.0138. The van der Waals surface area contributed by atoms with Gasteiger partial charge in [-0.2, -0.15) is 13.2 Å². The number of rotatable bonds is 4. The largest absolute Gasteiger partial charge is 0.444 e. The summed E-state index contributed by atoms with van der Waals surface area (Å²) in [5, 5.41) is 2.31. The van der Waals surface area contributed by atoms with Crippen molar-refractivity contribution in [1.29, 1.82) is 0 Å². The van der Waals surface area contributed by atoms with Gasteiger partial charge in [0.2, 0.25) is 5.95 Å². The molecule has 2 heterocycles. The number of alkyl halides is 3. The number of aryl methyl sites for hydroxylation is 1. The van der Waals surface area contributed by atoms with Gasteiger partial charge in [0.15, 0.2) is 0 Å². The summed E-state index contributed by atoms with van der Waals surface area (Å²) < 4.78 is 44.2. The van der Waals surface area contributed by atoms with Gasteiger partial charge in [0.05, 0.1) is 0 Å². The third-order valence-electron chi connectivity index (χ3n) is 5.38. The van der Waals surface area contributed by atoms with Crippen LogP contribution in [0.1, 0.15) is 45.7 Å². The predicted molar refractivity (Wildman–Crippen MR) is 126 cm³/mol. The molecule has 1 N–H and O–H groups in total. The molecule has 1 amide bonds. The summed E-state index contributed by atoms with van der Waals surface area (Å²) in [5.41, 5.74) is 0.991. The van der Waals surface area contributed by atoms with Crippen molar-refractivity contribution in [3.05, 3.63) is 40.7 Å². The third kappa shape index (κ3) is 6.22. The highest BCUT2D eigenvalue weighted by Crippen LogP contribution is 2.34. The van der Waals surface area contributed by atoms with Crippen LogP contribution in [0.25, 0.3) is 0 Å². The molecule has 0 bridgehead atoms. The Kier molecular flexibility index (Phi) is 7.50. The molecule has 0 aliphatic carbocycles. The molecule has 1 fully saturated rings. The zero-order valence-electron chi connectivity index (χ0n) is 19.8. The number of halogens is 4. The van der Waals surface area contributed by atoms with Crippen molar-refractivity contribution in [1.82, 2.24) is 14.9 Å². The van der Waals surface area contributed by atoms with E-state index in [0.29, 0.717) is 37.9 Å². The highest BCUT2D eigenvalue weighted by atomic mass is 35.5. The van der Waals surface area contributed by atoms with E-state index in [1.807, 2.05) is 52.8 Å². The van der Waals surface area contributed by atoms with Crippen LogP contribution in [0.2, 0.25) is 5.15 Å². The van der Waals surface area contributed by atoms with Gasteiger partial charge in [-0.15, -0.1) is 0 Å². The molecular formula is C23H29ClF3N5O2. The van der Waals surface area contributed by atoms with E-state index in [0.717, 1.165) is 11.3 Å². The lowest BCUT2D eigenvalue weighted by Crippen LogP contribution is -2.55. The van der Waals surface area contributed by atoms with Crippen LogP contribution in [0.5, 0.6) is 0 Å². The quantitative estimate of drug-likeness (QED) is 0.528. The SMILES string of the molecule is CCc1cc(N2CCN(C(=O)OC(C)(C)C)[C@@H](C)C2)ccc1Nc1ncc(C(F)(F)F)c(Cl)n1. The summed E-state index contributed by atoms with van der Waals surface area (Å²) in [7, 11) is 0. The normalized spacial score (nSPS) is 17.0. The van der Waals surface area contributed by atoms with E-state index in [9.17, 15) is 18.0 Å². The summed E-state index contributed by atoms with van der Waals surface area (Å²) in [4.78, 5) is 23.9. The van der Waals surface area contributed by atoms with E-state index in [2.05, 4.69) is 20.2 Å². The Labute approximate surface area is 202 Å². The molecule has 2 aromatic rings. The first kappa shape index (κ1) is 25.9. The Morgan fingerprint density at radius 2 is 1.97 bits per heavy atom. The van der Waals surface area contributed by atoms with E-state index < -0.39 is 22.5 Å². The molecule has 0 radical (unpaired) electrons. The van der Waals surface area contributed by atoms with Gasteiger partial charge in [0, 0.05) is 43.2 Å². The molecule has 34 heavy (non-hydrogen) atoms. The number of nitrogens with one attached hydrogen (secondary N) is 1. The zero-order valence-corrected chi connectivity index (χ0v) is 20.6. The fourth-order valence-corrected chi connectivity index (χ4v) is 3.94. The van der Waals surface area contributed by atoms with E-state index in [1.54, 1.807) is 4.90 Å². The number of hydrogen-bond acceptors (Lipinski definition) is 6. The van der Waals surface area contributed by atoms with Crippen molar-refractivity contribution in [3.63, 3.8) is 0 Å². The Morgan fingerprint density at radius 3 is 2.53 bits per heavy atom. The maximum Gasteiger partial charge on any atom is 0.420 e. The summed E-state index contributed by atoms with van der Waals surface area (Å²) in [6, 6.07) is 5.75. The Balaban J connectivity index is 1.72. The molecule has 1 aliphatic rings. The molecule has 1 atom stereocenters. The molecule has 7 nitrogen and oxygen atoms in total. The summed E-state index contributed by atoms with van der Waals surface area (Å²) in [5.74, 6) is -0.0138. The highest BCUT2D eigenvalue weighted by Gasteiger charge is 2.35. The number of carbonyl (C=O) groups excluding carboxylic acids is 1. The van der Waals surface area contributed by atoms with Crippen LogP contribution < -0.4 is 10.2 Å². The van der Waals surface area contributed by atoms with Crippen molar-refractivity contribution in [2.24, 2.45) is 0 Å². The van der Waals surface area contributed by atoms with Crippen LogP contribution in [0, 0.1) is 0 Å². The van der Waals surface area contributed by atoms with Gasteiger partial charge in [-0.1, -0.05) is 18.5 Å². The van der Waals surface area contributed by atoms with E-state index in [-0.39, 0.29) is 18.1 Å². The first-order valence-corrected chi connectivity index (χ1v) is 11.4. The van der Waals surface area contributed by atoms with Crippen LogP contribution in [-0.2, 0) is 17.3 Å². The van der Waals surface area contributed by atoms with E-state index in [4.69, 9.17) is 16.3 Å². The van der Waals surface area contributed by atoms with Gasteiger partial charge in [0.25, 0.3) is 0 Å². The van der Waals surface area contributed by atoms with E-state index in [1.165, 1.54) is 0 Å². The van der Waals surface area contributed by atoms with Crippen LogP contribution in [0.15, 0.2) is 24.4 Å². The molecule has 1 saturated heterocycles. The Hall–Kier alpha value is -2.75. The standard InChI is InChI=1S/C23H29ClF3N5O2/c1-6-15-11-16(31-9-10-32(14(2)13-31)21(33)34-22(3,4)5)7-8-18(15)29-20-28-12-17(19(24)30-20)23(25,26)27/h7-8,11-12,14H,6,9-10,13H2,1-5H3,(H,28,29,30)/t14-/m0/s1. The predicted octanol–water partition coefficient (Wildman–Crippen LogP) is 5.90. The van der Waals surface area contributed by atoms with Crippen molar-refractivity contribution < 1.29 is 22.7 Å². The molecule has 1 aromatic carbocycles. The van der Waals surface area contributed by atoms with Gasteiger partial charge in [0.1, 0.15) is 16.3 Å². The van der Waals surface area contributed by atoms with Crippen LogP contribution >= 0.6 is 11.6 Å². The molecule has 0 saturated carbocycles. The third-order valence-corrected chi connectivity index (χ3v) is 5.67. The maximum absolute atomic E-state index is 12.9. The topological polar surface area (TPSA) is 70.6 Å². The second kappa shape index (κ2) is 9.85. The number of amides is 1. The van der Waals surface area contributed by atoms with Crippen LogP contribution in [-0.4, -0.2) is 52.2 Å². The van der Waals surface area contributed by atoms with Gasteiger partial charge >= 0.3 is 12.3 Å². The number of benzene rings is 1.